The minimum atomic E-state index is 0.689. The number of aryl methyl sites for hydroxylation is 1. The van der Waals surface area contributed by atoms with E-state index < -0.39 is 0 Å². The molecule has 0 heterocycles. The molecule has 0 amide bonds. The highest BCUT2D eigenvalue weighted by Gasteiger charge is 2.20. The van der Waals surface area contributed by atoms with Gasteiger partial charge in [0.05, 0.1) is 7.11 Å². The van der Waals surface area contributed by atoms with Crippen molar-refractivity contribution in [1.82, 2.24) is 5.32 Å². The summed E-state index contributed by atoms with van der Waals surface area (Å²) in [5.41, 5.74) is 4.83. The van der Waals surface area contributed by atoms with E-state index in [0.29, 0.717) is 6.04 Å². The second kappa shape index (κ2) is 6.08. The Hall–Kier alpha value is -1.51. The lowest BCUT2D eigenvalue weighted by molar-refractivity contribution is 0.412. The van der Waals surface area contributed by atoms with Crippen LogP contribution in [0.15, 0.2) is 36.4 Å². The van der Waals surface area contributed by atoms with Gasteiger partial charge >= 0.3 is 0 Å². The van der Waals surface area contributed by atoms with Crippen LogP contribution in [0.3, 0.4) is 0 Å². The van der Waals surface area contributed by atoms with E-state index in [2.05, 4.69) is 36.5 Å². The first-order valence-corrected chi connectivity index (χ1v) is 7.72. The van der Waals surface area contributed by atoms with Gasteiger partial charge in [-0.3, -0.25) is 0 Å². The quantitative estimate of drug-likeness (QED) is 0.873. The summed E-state index contributed by atoms with van der Waals surface area (Å²) in [4.78, 5) is 0. The van der Waals surface area contributed by atoms with Crippen LogP contribution >= 0.6 is 11.6 Å². The zero-order valence-corrected chi connectivity index (χ0v) is 13.2. The second-order valence-corrected chi connectivity index (χ2v) is 6.08. The van der Waals surface area contributed by atoms with E-state index >= 15 is 0 Å². The van der Waals surface area contributed by atoms with E-state index in [4.69, 9.17) is 16.3 Å². The van der Waals surface area contributed by atoms with Crippen LogP contribution in [0, 0.1) is 6.92 Å². The maximum Gasteiger partial charge on any atom is 0.121 e. The molecular weight excluding hydrogens is 282 g/mol. The van der Waals surface area contributed by atoms with Crippen LogP contribution in [-0.4, -0.2) is 13.2 Å². The van der Waals surface area contributed by atoms with Gasteiger partial charge in [0, 0.05) is 17.6 Å². The molecule has 110 valence electrons. The maximum absolute atomic E-state index is 6.17. The van der Waals surface area contributed by atoms with Crippen molar-refractivity contribution in [2.75, 3.05) is 7.11 Å². The Labute approximate surface area is 131 Å². The Morgan fingerprint density at radius 1 is 1.19 bits per heavy atom. The maximum atomic E-state index is 6.17. The largest absolute Gasteiger partial charge is 0.496 e. The van der Waals surface area contributed by atoms with E-state index in [-0.39, 0.29) is 0 Å². The van der Waals surface area contributed by atoms with Crippen LogP contribution in [0.25, 0.3) is 11.1 Å². The monoisotopic (exact) mass is 301 g/mol. The van der Waals surface area contributed by atoms with Crippen molar-refractivity contribution in [2.45, 2.75) is 32.4 Å². The normalized spacial score (nSPS) is 14.2. The lowest BCUT2D eigenvalue weighted by Gasteiger charge is -2.13. The summed E-state index contributed by atoms with van der Waals surface area (Å²) >= 11 is 6.17. The highest BCUT2D eigenvalue weighted by Crippen LogP contribution is 2.31. The van der Waals surface area contributed by atoms with Crippen molar-refractivity contribution in [3.05, 3.63) is 52.5 Å². The molecule has 2 aromatic carbocycles. The Balaban J connectivity index is 1.93. The Morgan fingerprint density at radius 2 is 2.00 bits per heavy atom. The van der Waals surface area contributed by atoms with E-state index in [1.807, 2.05) is 12.1 Å². The number of nitrogens with one attached hydrogen (secondary N) is 1. The standard InChI is InChI=1S/C18H20ClNO/c1-12-9-13(3-8-18(12)21-2)17-7-4-15(19)10-14(17)11-20-16-5-6-16/h3-4,7-10,16,20H,5-6,11H2,1-2H3. The number of hydrogen-bond donors (Lipinski definition) is 1. The number of rotatable bonds is 5. The zero-order chi connectivity index (χ0) is 14.8. The molecule has 1 saturated carbocycles. The number of methoxy groups -OCH3 is 1. The van der Waals surface area contributed by atoms with Crippen LogP contribution in [0.5, 0.6) is 5.75 Å². The molecule has 1 aliphatic rings. The van der Waals surface area contributed by atoms with E-state index in [0.717, 1.165) is 22.9 Å². The minimum absolute atomic E-state index is 0.689. The molecule has 1 N–H and O–H groups in total. The first-order valence-electron chi connectivity index (χ1n) is 7.34. The average Bonchev–Trinajstić information content (AvgIpc) is 3.29. The molecule has 0 atom stereocenters. The van der Waals surface area contributed by atoms with Crippen molar-refractivity contribution in [3.8, 4) is 16.9 Å². The van der Waals surface area contributed by atoms with E-state index in [1.54, 1.807) is 7.11 Å². The molecule has 0 radical (unpaired) electrons. The molecule has 1 aliphatic carbocycles. The summed E-state index contributed by atoms with van der Waals surface area (Å²) in [6, 6.07) is 13.1. The summed E-state index contributed by atoms with van der Waals surface area (Å²) in [7, 11) is 1.70. The molecule has 0 saturated heterocycles. The van der Waals surface area contributed by atoms with Gasteiger partial charge in [0.2, 0.25) is 0 Å². The number of halogens is 1. The number of ether oxygens (including phenoxy) is 1. The third-order valence-electron chi connectivity index (χ3n) is 3.93. The van der Waals surface area contributed by atoms with Crippen LogP contribution < -0.4 is 10.1 Å². The van der Waals surface area contributed by atoms with Crippen LogP contribution in [0.2, 0.25) is 5.02 Å². The van der Waals surface area contributed by atoms with Crippen LogP contribution in [0.1, 0.15) is 24.0 Å². The van der Waals surface area contributed by atoms with Gasteiger partial charge in [0.15, 0.2) is 0 Å². The van der Waals surface area contributed by atoms with Crippen molar-refractivity contribution in [3.63, 3.8) is 0 Å². The van der Waals surface area contributed by atoms with Gasteiger partial charge in [-0.05, 0) is 66.3 Å². The number of benzene rings is 2. The fraction of sp³-hybridized carbons (Fsp3) is 0.333. The fourth-order valence-corrected chi connectivity index (χ4v) is 2.77. The zero-order valence-electron chi connectivity index (χ0n) is 12.4. The highest BCUT2D eigenvalue weighted by atomic mass is 35.5. The summed E-state index contributed by atoms with van der Waals surface area (Å²) in [6.07, 6.45) is 2.58. The van der Waals surface area contributed by atoms with Crippen molar-refractivity contribution < 1.29 is 4.74 Å². The SMILES string of the molecule is COc1ccc(-c2ccc(Cl)cc2CNC2CC2)cc1C. The van der Waals surface area contributed by atoms with Crippen LogP contribution in [-0.2, 0) is 6.54 Å². The molecule has 0 spiro atoms. The lowest BCUT2D eigenvalue weighted by atomic mass is 9.98. The molecular formula is C18H20ClNO. The average molecular weight is 302 g/mol. The van der Waals surface area contributed by atoms with Crippen molar-refractivity contribution >= 4 is 11.6 Å². The molecule has 21 heavy (non-hydrogen) atoms. The molecule has 2 nitrogen and oxygen atoms in total. The second-order valence-electron chi connectivity index (χ2n) is 5.64. The van der Waals surface area contributed by atoms with Gasteiger partial charge in [0.25, 0.3) is 0 Å². The Morgan fingerprint density at radius 3 is 2.67 bits per heavy atom. The molecule has 2 aromatic rings. The highest BCUT2D eigenvalue weighted by molar-refractivity contribution is 6.30. The molecule has 0 aliphatic heterocycles. The summed E-state index contributed by atoms with van der Waals surface area (Å²) in [5.74, 6) is 0.922. The van der Waals surface area contributed by atoms with Gasteiger partial charge in [-0.2, -0.15) is 0 Å². The van der Waals surface area contributed by atoms with Gasteiger partial charge in [-0.1, -0.05) is 23.7 Å². The molecule has 3 heteroatoms. The summed E-state index contributed by atoms with van der Waals surface area (Å²) < 4.78 is 5.34. The fourth-order valence-electron chi connectivity index (χ4n) is 2.58. The topological polar surface area (TPSA) is 21.3 Å². The predicted octanol–water partition coefficient (Wildman–Crippen LogP) is 4.58. The third kappa shape index (κ3) is 3.39. The summed E-state index contributed by atoms with van der Waals surface area (Å²) in [6.45, 7) is 2.94. The van der Waals surface area contributed by atoms with Crippen molar-refractivity contribution in [2.24, 2.45) is 0 Å². The molecule has 3 rings (SSSR count). The molecule has 0 aromatic heterocycles. The van der Waals surface area contributed by atoms with Crippen LogP contribution in [0.4, 0.5) is 0 Å². The molecule has 0 unspecified atom stereocenters. The first-order chi connectivity index (χ1) is 10.2. The summed E-state index contributed by atoms with van der Waals surface area (Å²) in [5, 5.41) is 4.35. The van der Waals surface area contributed by atoms with Crippen molar-refractivity contribution in [1.29, 1.82) is 0 Å². The van der Waals surface area contributed by atoms with Gasteiger partial charge in [0.1, 0.15) is 5.75 Å². The minimum Gasteiger partial charge on any atom is -0.496 e. The van der Waals surface area contributed by atoms with Gasteiger partial charge in [-0.15, -0.1) is 0 Å². The molecule has 0 bridgehead atoms. The Bertz CT molecular complexity index is 650. The van der Waals surface area contributed by atoms with Gasteiger partial charge < -0.3 is 10.1 Å². The smallest absolute Gasteiger partial charge is 0.121 e. The third-order valence-corrected chi connectivity index (χ3v) is 4.17. The Kier molecular flexibility index (Phi) is 4.18. The van der Waals surface area contributed by atoms with Gasteiger partial charge in [-0.25, -0.2) is 0 Å². The number of hydrogen-bond acceptors (Lipinski definition) is 2. The van der Waals surface area contributed by atoms with E-state index in [9.17, 15) is 0 Å². The lowest BCUT2D eigenvalue weighted by Crippen LogP contribution is -2.15. The first kappa shape index (κ1) is 14.4. The van der Waals surface area contributed by atoms with E-state index in [1.165, 1.54) is 29.5 Å². The predicted molar refractivity (Wildman–Crippen MR) is 88.0 cm³/mol. The molecule has 1 fully saturated rings.